The number of anilines is 2. The molecule has 0 saturated heterocycles. The van der Waals surface area contributed by atoms with Crippen LogP contribution in [0.5, 0.6) is 0 Å². The van der Waals surface area contributed by atoms with E-state index in [1.165, 1.54) is 99.3 Å². The number of nitrogens with zero attached hydrogens (tertiary/aromatic N) is 1. The molecule has 2 heteroatoms. The van der Waals surface area contributed by atoms with Crippen LogP contribution in [-0.4, -0.2) is 6.04 Å². The average molecular weight is 768 g/mol. The minimum absolute atomic E-state index is 0.165. The quantitative estimate of drug-likeness (QED) is 0.168. The van der Waals surface area contributed by atoms with Crippen LogP contribution >= 0.6 is 0 Å². The van der Waals surface area contributed by atoms with Gasteiger partial charge >= 0.3 is 0 Å². The van der Waals surface area contributed by atoms with E-state index in [9.17, 15) is 0 Å². The van der Waals surface area contributed by atoms with E-state index < -0.39 is 0 Å². The Labute approximate surface area is 349 Å². The van der Waals surface area contributed by atoms with Crippen molar-refractivity contribution in [2.75, 3.05) is 4.90 Å². The number of benzene rings is 9. The van der Waals surface area contributed by atoms with E-state index in [1.54, 1.807) is 0 Å². The highest BCUT2D eigenvalue weighted by Gasteiger charge is 2.46. The van der Waals surface area contributed by atoms with Gasteiger partial charge in [0.05, 0.1) is 6.04 Å². The van der Waals surface area contributed by atoms with E-state index in [2.05, 4.69) is 206 Å². The van der Waals surface area contributed by atoms with E-state index in [-0.39, 0.29) is 23.8 Å². The molecule has 2 nitrogen and oxygen atoms in total. The van der Waals surface area contributed by atoms with E-state index in [4.69, 9.17) is 4.42 Å². The van der Waals surface area contributed by atoms with Crippen LogP contribution in [0.4, 0.5) is 11.4 Å². The van der Waals surface area contributed by atoms with E-state index in [0.29, 0.717) is 0 Å². The van der Waals surface area contributed by atoms with Crippen molar-refractivity contribution >= 4 is 60.9 Å². The summed E-state index contributed by atoms with van der Waals surface area (Å²) in [6.07, 6.45) is 5.72. The molecule has 284 valence electrons. The summed E-state index contributed by atoms with van der Waals surface area (Å²) < 4.78 is 6.51. The first kappa shape index (κ1) is 33.8. The van der Waals surface area contributed by atoms with Crippen molar-refractivity contribution in [2.45, 2.75) is 37.1 Å². The number of hydrogen-bond donors (Lipinski definition) is 0. The molecule has 2 aliphatic carbocycles. The molecule has 0 radical (unpaired) electrons. The highest BCUT2D eigenvalue weighted by molar-refractivity contribution is 6.10. The van der Waals surface area contributed by atoms with Crippen molar-refractivity contribution in [3.05, 3.63) is 221 Å². The lowest BCUT2D eigenvalue weighted by molar-refractivity contribution is 0.576. The summed E-state index contributed by atoms with van der Waals surface area (Å²) in [5.41, 5.74) is 18.1. The average Bonchev–Trinajstić information content (AvgIpc) is 3.80. The first-order valence-corrected chi connectivity index (χ1v) is 21.4. The van der Waals surface area contributed by atoms with Gasteiger partial charge in [0.1, 0.15) is 11.2 Å². The molecule has 13 rings (SSSR count). The molecule has 4 unspecified atom stereocenters. The van der Waals surface area contributed by atoms with Crippen molar-refractivity contribution in [1.82, 2.24) is 0 Å². The summed E-state index contributed by atoms with van der Waals surface area (Å²) in [7, 11) is 0. The Morgan fingerprint density at radius 3 is 2.10 bits per heavy atom. The third-order valence-electron chi connectivity index (χ3n) is 14.1. The number of para-hydroxylation sites is 1. The molecule has 10 aromatic rings. The van der Waals surface area contributed by atoms with Gasteiger partial charge < -0.3 is 9.32 Å². The van der Waals surface area contributed by atoms with Crippen LogP contribution in [0.3, 0.4) is 0 Å². The Morgan fingerprint density at radius 2 is 1.23 bits per heavy atom. The number of rotatable bonds is 6. The molecule has 0 fully saturated rings. The molecule has 0 bridgehead atoms. The predicted molar refractivity (Wildman–Crippen MR) is 251 cm³/mol. The molecule has 60 heavy (non-hydrogen) atoms. The van der Waals surface area contributed by atoms with Gasteiger partial charge in [-0.15, -0.1) is 0 Å². The standard InChI is InChI=1S/C58H41NO/c1-35(43-23-11-16-37-13-7-8-20-44(37)43)48(29-36-25-28-54-49(30-36)50-31-39-14-5-6-15-40(39)34-55(50)60-54)41-32-51-46-22-10-9-21-45(46)47-24-12-17-38-26-27-52-58(56(38)47)57(51)53(33-41)59(52)42-18-3-2-4-19-42/h2-28,30-35,48,52,58H,29H2,1H3. The SMILES string of the molecule is CC(c1cccc2ccccc12)C(Cc1ccc2oc3cc4ccccc4cc3c2c1)c1cc2c3c(c1)N(c1ccccc1)C1C=Cc4cccc(c4C31)-c1ccccc1-2. The first-order valence-electron chi connectivity index (χ1n) is 21.4. The van der Waals surface area contributed by atoms with Crippen LogP contribution in [0.25, 0.3) is 71.8 Å². The normalized spacial score (nSPS) is 16.9. The van der Waals surface area contributed by atoms with Gasteiger partial charge in [-0.05, 0) is 138 Å². The lowest BCUT2D eigenvalue weighted by Crippen LogP contribution is -2.30. The van der Waals surface area contributed by atoms with Gasteiger partial charge in [-0.1, -0.05) is 159 Å². The summed E-state index contributed by atoms with van der Waals surface area (Å²) in [5, 5.41) is 7.40. The highest BCUT2D eigenvalue weighted by atomic mass is 16.3. The van der Waals surface area contributed by atoms with Gasteiger partial charge in [-0.25, -0.2) is 0 Å². The lowest BCUT2D eigenvalue weighted by atomic mass is 9.75. The van der Waals surface area contributed by atoms with E-state index in [0.717, 1.165) is 17.6 Å². The number of hydrogen-bond acceptors (Lipinski definition) is 2. The van der Waals surface area contributed by atoms with Gasteiger partial charge in [0.25, 0.3) is 0 Å². The van der Waals surface area contributed by atoms with Crippen LogP contribution in [0.2, 0.25) is 0 Å². The fraction of sp³-hybridized carbons (Fsp3) is 0.103. The van der Waals surface area contributed by atoms with Crippen LogP contribution in [0, 0.1) is 0 Å². The molecule has 1 aliphatic heterocycles. The van der Waals surface area contributed by atoms with Crippen LogP contribution in [0.1, 0.15) is 58.1 Å². The maximum absolute atomic E-state index is 6.51. The van der Waals surface area contributed by atoms with Crippen molar-refractivity contribution in [1.29, 1.82) is 0 Å². The second kappa shape index (κ2) is 12.9. The number of fused-ring (bicyclic) bond motifs is 8. The molecule has 9 aromatic carbocycles. The first-order chi connectivity index (χ1) is 29.7. The second-order valence-electron chi connectivity index (χ2n) is 17.2. The van der Waals surface area contributed by atoms with Gasteiger partial charge in [-0.2, -0.15) is 0 Å². The van der Waals surface area contributed by atoms with Gasteiger partial charge in [0.2, 0.25) is 0 Å². The topological polar surface area (TPSA) is 16.4 Å². The predicted octanol–water partition coefficient (Wildman–Crippen LogP) is 15.3. The fourth-order valence-corrected chi connectivity index (χ4v) is 11.3. The summed E-state index contributed by atoms with van der Waals surface area (Å²) in [6.45, 7) is 2.46. The van der Waals surface area contributed by atoms with Gasteiger partial charge in [0.15, 0.2) is 0 Å². The van der Waals surface area contributed by atoms with Crippen LogP contribution in [-0.2, 0) is 6.42 Å². The smallest absolute Gasteiger partial charge is 0.136 e. The molecule has 2 heterocycles. The second-order valence-corrected chi connectivity index (χ2v) is 17.2. The summed E-state index contributed by atoms with van der Waals surface area (Å²) in [4.78, 5) is 2.64. The zero-order chi connectivity index (χ0) is 39.5. The summed E-state index contributed by atoms with van der Waals surface area (Å²) >= 11 is 0. The third-order valence-corrected chi connectivity index (χ3v) is 14.1. The molecule has 0 amide bonds. The minimum atomic E-state index is 0.165. The van der Waals surface area contributed by atoms with E-state index in [1.807, 2.05) is 0 Å². The molecular formula is C58H41NO. The Bertz CT molecular complexity index is 3400. The molecule has 4 atom stereocenters. The largest absolute Gasteiger partial charge is 0.456 e. The Balaban J connectivity index is 1.06. The Morgan fingerprint density at radius 1 is 0.533 bits per heavy atom. The third kappa shape index (κ3) is 4.94. The van der Waals surface area contributed by atoms with Crippen LogP contribution in [0.15, 0.2) is 192 Å². The van der Waals surface area contributed by atoms with Gasteiger partial charge in [-0.3, -0.25) is 0 Å². The Kier molecular flexibility index (Phi) is 7.27. The minimum Gasteiger partial charge on any atom is -0.456 e. The fourth-order valence-electron chi connectivity index (χ4n) is 11.3. The Hall–Kier alpha value is -7.16. The van der Waals surface area contributed by atoms with Crippen molar-refractivity contribution in [3.63, 3.8) is 0 Å². The van der Waals surface area contributed by atoms with Crippen molar-refractivity contribution < 1.29 is 4.42 Å². The van der Waals surface area contributed by atoms with Crippen molar-refractivity contribution in [2.24, 2.45) is 0 Å². The maximum Gasteiger partial charge on any atom is 0.136 e. The lowest BCUT2D eigenvalue weighted by Gasteiger charge is -2.33. The van der Waals surface area contributed by atoms with Crippen molar-refractivity contribution in [3.8, 4) is 22.3 Å². The highest BCUT2D eigenvalue weighted by Crippen LogP contribution is 2.60. The van der Waals surface area contributed by atoms with Gasteiger partial charge in [0, 0.05) is 28.1 Å². The monoisotopic (exact) mass is 767 g/mol. The zero-order valence-corrected chi connectivity index (χ0v) is 33.3. The number of furan rings is 1. The molecule has 3 aliphatic rings. The summed E-state index contributed by atoms with van der Waals surface area (Å²) in [5.74, 6) is 0.591. The van der Waals surface area contributed by atoms with Crippen LogP contribution < -0.4 is 4.90 Å². The van der Waals surface area contributed by atoms with E-state index >= 15 is 0 Å². The molecule has 0 N–H and O–H groups in total. The molecule has 0 saturated carbocycles. The molecule has 0 spiro atoms. The maximum atomic E-state index is 6.51. The summed E-state index contributed by atoms with van der Waals surface area (Å²) in [6, 6.07) is 68.2. The molecule has 1 aromatic heterocycles. The molecular weight excluding hydrogens is 727 g/mol. The zero-order valence-electron chi connectivity index (χ0n) is 33.3.